The Kier molecular flexibility index (Phi) is 17.3. The van der Waals surface area contributed by atoms with Crippen LogP contribution in [0.1, 0.15) is 19.3 Å². The Morgan fingerprint density at radius 3 is 0.592 bits per heavy atom. The van der Waals surface area contributed by atoms with E-state index in [9.17, 15) is 145 Å². The van der Waals surface area contributed by atoms with Gasteiger partial charge in [0, 0.05) is 0 Å². The molecule has 1 aromatic rings. The third kappa shape index (κ3) is 10.1. The maximum absolute atomic E-state index is 15.0. The Hall–Kier alpha value is -2.42. The molecule has 0 fully saturated rings. The van der Waals surface area contributed by atoms with Gasteiger partial charge in [0.1, 0.15) is 0 Å². The minimum absolute atomic E-state index is 0.0184. The summed E-state index contributed by atoms with van der Waals surface area (Å²) in [5.41, 5.74) is 0. The first kappa shape index (κ1) is 66.6. The van der Waals surface area contributed by atoms with Gasteiger partial charge in [-0.2, -0.15) is 0 Å². The van der Waals surface area contributed by atoms with Crippen molar-refractivity contribution in [1.82, 2.24) is 0 Å². The van der Waals surface area contributed by atoms with Crippen molar-refractivity contribution in [1.29, 1.82) is 0 Å². The predicted octanol–water partition coefficient (Wildman–Crippen LogP) is 16.4. The van der Waals surface area contributed by atoms with Gasteiger partial charge in [-0.3, -0.25) is 0 Å². The van der Waals surface area contributed by atoms with Gasteiger partial charge in [0.2, 0.25) is 0 Å². The van der Waals surface area contributed by atoms with Gasteiger partial charge in [-0.05, 0) is 0 Å². The molecule has 0 aliphatic carbocycles. The van der Waals surface area contributed by atoms with Gasteiger partial charge in [0.05, 0.1) is 0 Å². The summed E-state index contributed by atoms with van der Waals surface area (Å²) in [6, 6.07) is -0.449. The molecule has 0 N–H and O–H groups in total. The van der Waals surface area contributed by atoms with Gasteiger partial charge in [0.25, 0.3) is 0 Å². The van der Waals surface area contributed by atoms with E-state index in [0.717, 1.165) is 0 Å². The second-order valence-corrected chi connectivity index (χ2v) is 28.5. The number of hydrogen-bond acceptors (Lipinski definition) is 0. The summed E-state index contributed by atoms with van der Waals surface area (Å²) in [5, 5.41) is -0.980. The van der Waals surface area contributed by atoms with Crippen molar-refractivity contribution in [3.8, 4) is 0 Å². The zero-order valence-electron chi connectivity index (χ0n) is 32.2. The van der Waals surface area contributed by atoms with Crippen LogP contribution in [0.25, 0.3) is 0 Å². The molecule has 71 heavy (non-hydrogen) atoms. The molecule has 0 aliphatic heterocycles. The number of alkyl halides is 39. The molecule has 0 saturated heterocycles. The predicted molar refractivity (Wildman–Crippen MR) is 157 cm³/mol. The Morgan fingerprint density at radius 2 is 0.423 bits per heavy atom. The van der Waals surface area contributed by atoms with Gasteiger partial charge in [0.15, 0.2) is 0 Å². The average molecular weight is 1270 g/mol. The molecule has 0 unspecified atom stereocenters. The molecule has 0 aromatic heterocycles. The normalized spacial score (nSPS) is 16.5. The molecular weight excluding hydrogens is 1260 g/mol. The zero-order valence-corrected chi connectivity index (χ0v) is 35.8. The Balaban J connectivity index is 4.44. The van der Waals surface area contributed by atoms with Crippen molar-refractivity contribution < 1.29 is 171 Å². The third-order valence-electron chi connectivity index (χ3n) is 10.2. The molecule has 420 valence electrons. The van der Waals surface area contributed by atoms with Crippen LogP contribution in [0.15, 0.2) is 24.3 Å². The van der Waals surface area contributed by atoms with Crippen LogP contribution >= 0.6 is 11.6 Å². The topological polar surface area (TPSA) is 0 Å². The molecule has 1 aromatic carbocycles. The van der Waals surface area contributed by atoms with E-state index in [1.807, 2.05) is 0 Å². The van der Waals surface area contributed by atoms with Gasteiger partial charge < -0.3 is 0 Å². The van der Waals surface area contributed by atoms with Gasteiger partial charge >= 0.3 is 374 Å². The SMILES string of the molecule is FC(F)(F)C(F)(F)C(F)(F)C(F)(F)C(F)(F)C(F)(F)C[CH2][Sn]([CH2]CC(F)(F)C(F)(F)C(F)(F)C(F)(F)C(F)(F)C(F)(F)F)([CH2]CC(F)(F)C(F)(F)C(F)(F)C(F)(F)C(F)(F)C(F)(F)F)[c]1ccc(Cl)cc1. The fraction of sp³-hybridized carbons (Fsp3) is 0.800. The molecule has 0 nitrogen and oxygen atoms in total. The van der Waals surface area contributed by atoms with Crippen molar-refractivity contribution in [2.24, 2.45) is 0 Å². The van der Waals surface area contributed by atoms with Gasteiger partial charge in [-0.15, -0.1) is 0 Å². The van der Waals surface area contributed by atoms with E-state index >= 15 is 26.3 Å². The summed E-state index contributed by atoms with van der Waals surface area (Å²) < 4.78 is 528. The second-order valence-electron chi connectivity index (χ2n) is 14.8. The summed E-state index contributed by atoms with van der Waals surface area (Å²) in [7, 11) is 0. The third-order valence-corrected chi connectivity index (χ3v) is 25.2. The van der Waals surface area contributed by atoms with Gasteiger partial charge in [-0.25, -0.2) is 0 Å². The van der Waals surface area contributed by atoms with Gasteiger partial charge in [-0.1, -0.05) is 0 Å². The van der Waals surface area contributed by atoms with Crippen LogP contribution < -0.4 is 3.58 Å². The van der Waals surface area contributed by atoms with E-state index in [1.165, 1.54) is 0 Å². The molecule has 0 amide bonds. The molecular formula is C30H16ClF39Sn. The summed E-state index contributed by atoms with van der Waals surface area (Å²) >= 11 is -2.86. The van der Waals surface area contributed by atoms with Crippen LogP contribution in [-0.2, 0) is 0 Å². The first-order valence-electron chi connectivity index (χ1n) is 17.0. The van der Waals surface area contributed by atoms with E-state index in [1.54, 1.807) is 0 Å². The molecule has 0 saturated carbocycles. The summed E-state index contributed by atoms with van der Waals surface area (Å²) in [4.78, 5) is 0. The quantitative estimate of drug-likeness (QED) is 0.0802. The molecule has 0 bridgehead atoms. The number of halogens is 40. The molecule has 0 radical (unpaired) electrons. The van der Waals surface area contributed by atoms with Crippen LogP contribution in [-0.4, -0.2) is 126 Å². The van der Waals surface area contributed by atoms with Crippen LogP contribution in [0, 0.1) is 0 Å². The van der Waals surface area contributed by atoms with E-state index in [-0.39, 0.29) is 24.3 Å². The van der Waals surface area contributed by atoms with E-state index in [0.29, 0.717) is 0 Å². The maximum atomic E-state index is 15.0. The van der Waals surface area contributed by atoms with Crippen LogP contribution in [0.4, 0.5) is 171 Å². The standard InChI is InChI=1S/3C8H4F13.C6H4Cl.Sn/c3*1-2-3(9,10)4(11,12)5(13,14)6(15,16)7(17,18)8(19,20)21;7-6-4-2-1-3-5-6;/h3*1-2H2;2-5H;. The van der Waals surface area contributed by atoms with Crippen molar-refractivity contribution in [3.63, 3.8) is 0 Å². The molecule has 0 aliphatic rings. The van der Waals surface area contributed by atoms with Crippen molar-refractivity contribution in [3.05, 3.63) is 29.3 Å². The second kappa shape index (κ2) is 18.4. The monoisotopic (exact) mass is 1270 g/mol. The molecule has 41 heteroatoms. The number of benzene rings is 1. The Bertz CT molecular complexity index is 1800. The first-order chi connectivity index (χ1) is 30.4. The summed E-state index contributed by atoms with van der Waals surface area (Å²) in [6.07, 6.45) is -36.5. The van der Waals surface area contributed by atoms with Crippen LogP contribution in [0.3, 0.4) is 0 Å². The van der Waals surface area contributed by atoms with Crippen molar-refractivity contribution in [2.45, 2.75) is 140 Å². The Labute approximate surface area is 374 Å². The molecule has 0 spiro atoms. The first-order valence-corrected chi connectivity index (χ1v) is 24.9. The molecule has 0 atom stereocenters. The van der Waals surface area contributed by atoms with Crippen LogP contribution in [0.5, 0.6) is 0 Å². The fourth-order valence-electron chi connectivity index (χ4n) is 5.68. The average Bonchev–Trinajstić information content (AvgIpc) is 3.15. The summed E-state index contributed by atoms with van der Waals surface area (Å²) in [5.74, 6) is -128. The number of rotatable bonds is 22. The molecule has 1 rings (SSSR count). The molecule has 0 heterocycles. The van der Waals surface area contributed by atoms with Crippen LogP contribution in [0.2, 0.25) is 18.3 Å². The fourth-order valence-corrected chi connectivity index (χ4v) is 19.7. The number of hydrogen-bond donors (Lipinski definition) is 0. The van der Waals surface area contributed by atoms with Crippen molar-refractivity contribution >= 4 is 33.6 Å². The van der Waals surface area contributed by atoms with Crippen molar-refractivity contribution in [2.75, 3.05) is 0 Å². The minimum atomic E-state index is -8.88. The zero-order chi connectivity index (χ0) is 57.7. The van der Waals surface area contributed by atoms with E-state index < -0.39 is 167 Å². The summed E-state index contributed by atoms with van der Waals surface area (Å²) in [6.45, 7) is 0. The Morgan fingerprint density at radius 1 is 0.254 bits per heavy atom. The van der Waals surface area contributed by atoms with E-state index in [4.69, 9.17) is 11.6 Å². The van der Waals surface area contributed by atoms with E-state index in [2.05, 4.69) is 0 Å².